The Morgan fingerprint density at radius 2 is 2.00 bits per heavy atom. The second-order valence-electron chi connectivity index (χ2n) is 8.22. The van der Waals surface area contributed by atoms with Gasteiger partial charge in [0.2, 0.25) is 0 Å². The van der Waals surface area contributed by atoms with Crippen molar-refractivity contribution >= 4 is 17.6 Å². The number of carbonyl (C=O) groups excluding carboxylic acids is 1. The predicted molar refractivity (Wildman–Crippen MR) is 108 cm³/mol. The Morgan fingerprint density at radius 3 is 2.71 bits per heavy atom. The van der Waals surface area contributed by atoms with Crippen LogP contribution < -0.4 is 4.74 Å². The van der Waals surface area contributed by atoms with E-state index in [4.69, 9.17) is 25.8 Å². The molecule has 1 saturated heterocycles. The van der Waals surface area contributed by atoms with E-state index in [9.17, 15) is 4.79 Å². The first-order chi connectivity index (χ1) is 13.3. The maximum absolute atomic E-state index is 12.0. The van der Waals surface area contributed by atoms with E-state index in [1.165, 1.54) is 12.7 Å². The highest BCUT2D eigenvalue weighted by Crippen LogP contribution is 2.53. The molecule has 0 aromatic heterocycles. The summed E-state index contributed by atoms with van der Waals surface area (Å²) in [7, 11) is 1.39. The number of fused-ring (bicyclic) bond motifs is 3. The zero-order valence-electron chi connectivity index (χ0n) is 16.6. The second-order valence-corrected chi connectivity index (χ2v) is 8.65. The van der Waals surface area contributed by atoms with Gasteiger partial charge in [0.1, 0.15) is 11.4 Å². The van der Waals surface area contributed by atoms with Gasteiger partial charge in [0.25, 0.3) is 0 Å². The van der Waals surface area contributed by atoms with Gasteiger partial charge in [0.15, 0.2) is 0 Å². The minimum atomic E-state index is -0.387. The molecule has 0 saturated carbocycles. The van der Waals surface area contributed by atoms with Gasteiger partial charge >= 0.3 is 5.97 Å². The monoisotopic (exact) mass is 400 g/mol. The fourth-order valence-corrected chi connectivity index (χ4v) is 4.76. The molecule has 1 fully saturated rings. The molecule has 28 heavy (non-hydrogen) atoms. The first-order valence-corrected chi connectivity index (χ1v) is 10.00. The van der Waals surface area contributed by atoms with Crippen molar-refractivity contribution in [2.45, 2.75) is 50.9 Å². The minimum absolute atomic E-state index is 0.0169. The van der Waals surface area contributed by atoms with Gasteiger partial charge in [0.05, 0.1) is 24.9 Å². The van der Waals surface area contributed by atoms with Crippen LogP contribution in [0.15, 0.2) is 42.5 Å². The summed E-state index contributed by atoms with van der Waals surface area (Å²) in [6.07, 6.45) is 0.804. The first-order valence-electron chi connectivity index (χ1n) is 9.62. The van der Waals surface area contributed by atoms with Crippen LogP contribution in [0.2, 0.25) is 5.02 Å². The van der Waals surface area contributed by atoms with E-state index >= 15 is 0 Å². The number of halogens is 1. The van der Waals surface area contributed by atoms with E-state index in [1.807, 2.05) is 30.3 Å². The van der Waals surface area contributed by atoms with Crippen LogP contribution >= 0.6 is 11.6 Å². The lowest BCUT2D eigenvalue weighted by molar-refractivity contribution is -0.153. The molecule has 4 nitrogen and oxygen atoms in total. The van der Waals surface area contributed by atoms with Gasteiger partial charge in [-0.15, -0.1) is 0 Å². The molecule has 4 rings (SSSR count). The van der Waals surface area contributed by atoms with Crippen LogP contribution in [0, 0.1) is 5.92 Å². The van der Waals surface area contributed by atoms with E-state index in [1.54, 1.807) is 6.07 Å². The molecule has 148 valence electrons. The van der Waals surface area contributed by atoms with Gasteiger partial charge in [-0.2, -0.15) is 0 Å². The zero-order valence-corrected chi connectivity index (χ0v) is 17.3. The number of methoxy groups -OCH3 is 1. The first kappa shape index (κ1) is 19.3. The molecule has 0 unspecified atom stereocenters. The Kier molecular flexibility index (Phi) is 4.88. The van der Waals surface area contributed by atoms with Gasteiger partial charge in [-0.25, -0.2) is 4.79 Å². The van der Waals surface area contributed by atoms with Crippen molar-refractivity contribution in [1.29, 1.82) is 0 Å². The van der Waals surface area contributed by atoms with Crippen molar-refractivity contribution in [2.24, 2.45) is 5.92 Å². The summed E-state index contributed by atoms with van der Waals surface area (Å²) in [5.74, 6) is 0.790. The molecule has 0 radical (unpaired) electrons. The summed E-state index contributed by atoms with van der Waals surface area (Å²) >= 11 is 6.22. The molecule has 2 aromatic rings. The number of hydrogen-bond donors (Lipinski definition) is 0. The molecular weight excluding hydrogens is 376 g/mol. The van der Waals surface area contributed by atoms with Crippen molar-refractivity contribution < 1.29 is 19.0 Å². The Bertz CT molecular complexity index is 907. The van der Waals surface area contributed by atoms with Gasteiger partial charge < -0.3 is 14.2 Å². The number of hydrogen-bond acceptors (Lipinski definition) is 4. The van der Waals surface area contributed by atoms with E-state index in [-0.39, 0.29) is 35.6 Å². The minimum Gasteiger partial charge on any atom is -0.487 e. The van der Waals surface area contributed by atoms with Crippen LogP contribution in [0.3, 0.4) is 0 Å². The van der Waals surface area contributed by atoms with Gasteiger partial charge in [0, 0.05) is 22.4 Å². The normalized spacial score (nSPS) is 27.9. The highest BCUT2D eigenvalue weighted by Gasteiger charge is 2.50. The van der Waals surface area contributed by atoms with Crippen molar-refractivity contribution in [3.05, 3.63) is 64.2 Å². The molecular formula is C23H25ClO4. The molecule has 4 atom stereocenters. The van der Waals surface area contributed by atoms with Crippen molar-refractivity contribution in [1.82, 2.24) is 0 Å². The molecule has 0 amide bonds. The largest absolute Gasteiger partial charge is 0.487 e. The van der Waals surface area contributed by atoms with Crippen LogP contribution in [-0.4, -0.2) is 24.8 Å². The van der Waals surface area contributed by atoms with Crippen molar-refractivity contribution in [3.63, 3.8) is 0 Å². The topological polar surface area (TPSA) is 44.8 Å². The van der Waals surface area contributed by atoms with E-state index in [0.29, 0.717) is 5.56 Å². The average Bonchev–Trinajstić information content (AvgIpc) is 2.66. The Labute approximate surface area is 170 Å². The van der Waals surface area contributed by atoms with Crippen LogP contribution in [-0.2, 0) is 9.47 Å². The summed E-state index contributed by atoms with van der Waals surface area (Å²) in [5, 5.41) is 0.735. The number of esters is 1. The standard InChI is InChI=1S/C23H25ClO4/c1-13-17(14-6-5-7-16(24)10-14)12-19-21(27-13)18-11-15(22(25)26-4)8-9-20(18)28-23(19,2)3/h5-11,13,17,19,21H,12H2,1-4H3/t13-,17-,19-,21+/m0/s1. The number of ether oxygens (including phenoxy) is 3. The Hall–Kier alpha value is -2.04. The maximum atomic E-state index is 12.0. The van der Waals surface area contributed by atoms with Gasteiger partial charge in [-0.3, -0.25) is 0 Å². The SMILES string of the molecule is COC(=O)c1ccc2c(c1)[C@H]1O[C@@H](C)[C@@H](c3cccc(Cl)c3)C[C@@H]1C(C)(C)O2. The third-order valence-corrected chi connectivity index (χ3v) is 6.32. The highest BCUT2D eigenvalue weighted by molar-refractivity contribution is 6.30. The lowest BCUT2D eigenvalue weighted by Crippen LogP contribution is -2.50. The molecule has 2 aromatic carbocycles. The third kappa shape index (κ3) is 3.29. The summed E-state index contributed by atoms with van der Waals surface area (Å²) in [4.78, 5) is 12.0. The smallest absolute Gasteiger partial charge is 0.337 e. The van der Waals surface area contributed by atoms with Crippen LogP contribution in [0.25, 0.3) is 0 Å². The molecule has 0 spiro atoms. The lowest BCUT2D eigenvalue weighted by Gasteiger charge is -2.50. The molecule has 2 aliphatic rings. The quantitative estimate of drug-likeness (QED) is 0.620. The van der Waals surface area contributed by atoms with Crippen LogP contribution in [0.5, 0.6) is 5.75 Å². The van der Waals surface area contributed by atoms with E-state index in [2.05, 4.69) is 26.8 Å². The molecule has 5 heteroatoms. The lowest BCUT2D eigenvalue weighted by atomic mass is 9.70. The van der Waals surface area contributed by atoms with Crippen LogP contribution in [0.4, 0.5) is 0 Å². The second kappa shape index (κ2) is 7.09. The molecule has 0 aliphatic carbocycles. The predicted octanol–water partition coefficient (Wildman–Crippen LogP) is 5.55. The number of benzene rings is 2. The molecule has 0 N–H and O–H groups in total. The fourth-order valence-electron chi connectivity index (χ4n) is 4.56. The van der Waals surface area contributed by atoms with Crippen LogP contribution in [0.1, 0.15) is 60.7 Å². The van der Waals surface area contributed by atoms with Gasteiger partial charge in [-0.05, 0) is 63.1 Å². The fraction of sp³-hybridized carbons (Fsp3) is 0.435. The van der Waals surface area contributed by atoms with Crippen molar-refractivity contribution in [2.75, 3.05) is 7.11 Å². The molecule has 2 aliphatic heterocycles. The Balaban J connectivity index is 1.72. The number of rotatable bonds is 2. The van der Waals surface area contributed by atoms with E-state index in [0.717, 1.165) is 22.8 Å². The van der Waals surface area contributed by atoms with Gasteiger partial charge in [-0.1, -0.05) is 23.7 Å². The number of carbonyl (C=O) groups is 1. The maximum Gasteiger partial charge on any atom is 0.337 e. The van der Waals surface area contributed by atoms with Crippen molar-refractivity contribution in [3.8, 4) is 5.75 Å². The Morgan fingerprint density at radius 1 is 1.21 bits per heavy atom. The average molecular weight is 401 g/mol. The summed E-state index contributed by atoms with van der Waals surface area (Å²) < 4.78 is 17.8. The summed E-state index contributed by atoms with van der Waals surface area (Å²) in [6.45, 7) is 6.32. The molecule has 2 heterocycles. The molecule has 0 bridgehead atoms. The summed E-state index contributed by atoms with van der Waals surface area (Å²) in [5.41, 5.74) is 2.23. The summed E-state index contributed by atoms with van der Waals surface area (Å²) in [6, 6.07) is 13.4. The zero-order chi connectivity index (χ0) is 20.1. The third-order valence-electron chi connectivity index (χ3n) is 6.08. The van der Waals surface area contributed by atoms with E-state index < -0.39 is 0 Å². The highest BCUT2D eigenvalue weighted by atomic mass is 35.5.